The summed E-state index contributed by atoms with van der Waals surface area (Å²) in [5, 5.41) is 12.7. The molecule has 0 heterocycles. The lowest BCUT2D eigenvalue weighted by Gasteiger charge is -2.18. The molecule has 0 aromatic heterocycles. The second-order valence-electron chi connectivity index (χ2n) is 4.49. The third-order valence-corrected chi connectivity index (χ3v) is 3.10. The standard InChI is InChI=1S/C17H18N2O/c1-3-20-17-11-7-5-9-14(17)16(12-18)19-15-10-6-4-8-13(15)2/h4-11,16,19H,3H2,1-2H3. The number of nitrogens with one attached hydrogen (secondary N) is 1. The molecule has 3 nitrogen and oxygen atoms in total. The highest BCUT2D eigenvalue weighted by Gasteiger charge is 2.15. The smallest absolute Gasteiger partial charge is 0.143 e. The van der Waals surface area contributed by atoms with E-state index in [4.69, 9.17) is 4.74 Å². The largest absolute Gasteiger partial charge is 0.493 e. The number of para-hydroxylation sites is 2. The van der Waals surface area contributed by atoms with Crippen LogP contribution in [0.3, 0.4) is 0 Å². The number of hydrogen-bond donors (Lipinski definition) is 1. The van der Waals surface area contributed by atoms with Crippen LogP contribution in [0.25, 0.3) is 0 Å². The Bertz CT molecular complexity index is 616. The molecular weight excluding hydrogens is 248 g/mol. The van der Waals surface area contributed by atoms with Crippen LogP contribution in [-0.2, 0) is 0 Å². The Morgan fingerprint density at radius 3 is 2.55 bits per heavy atom. The molecule has 0 aliphatic heterocycles. The minimum absolute atomic E-state index is 0.432. The average Bonchev–Trinajstić information content (AvgIpc) is 2.48. The topological polar surface area (TPSA) is 45.0 Å². The molecule has 1 unspecified atom stereocenters. The van der Waals surface area contributed by atoms with E-state index in [9.17, 15) is 5.26 Å². The first-order valence-corrected chi connectivity index (χ1v) is 6.69. The van der Waals surface area contributed by atoms with Gasteiger partial charge in [0.2, 0.25) is 0 Å². The number of nitriles is 1. The number of rotatable bonds is 5. The number of aryl methyl sites for hydroxylation is 1. The maximum Gasteiger partial charge on any atom is 0.143 e. The summed E-state index contributed by atoms with van der Waals surface area (Å²) in [6.45, 7) is 4.54. The summed E-state index contributed by atoms with van der Waals surface area (Å²) in [5.41, 5.74) is 2.94. The van der Waals surface area contributed by atoms with Crippen LogP contribution in [0.1, 0.15) is 24.1 Å². The monoisotopic (exact) mass is 266 g/mol. The molecule has 0 aliphatic rings. The van der Waals surface area contributed by atoms with Gasteiger partial charge in [-0.1, -0.05) is 36.4 Å². The maximum absolute atomic E-state index is 9.46. The fourth-order valence-corrected chi connectivity index (χ4v) is 2.08. The highest BCUT2D eigenvalue weighted by molar-refractivity contribution is 5.54. The Labute approximate surface area is 119 Å². The van der Waals surface area contributed by atoms with E-state index in [1.54, 1.807) is 0 Å². The molecule has 1 atom stereocenters. The predicted octanol–water partition coefficient (Wildman–Crippen LogP) is 4.07. The third kappa shape index (κ3) is 3.10. The summed E-state index contributed by atoms with van der Waals surface area (Å²) in [5.74, 6) is 0.752. The van der Waals surface area contributed by atoms with Gasteiger partial charge in [0.15, 0.2) is 0 Å². The minimum atomic E-state index is -0.432. The minimum Gasteiger partial charge on any atom is -0.493 e. The van der Waals surface area contributed by atoms with Crippen LogP contribution >= 0.6 is 0 Å². The molecule has 3 heteroatoms. The number of anilines is 1. The first kappa shape index (κ1) is 14.0. The highest BCUT2D eigenvalue weighted by atomic mass is 16.5. The molecule has 2 rings (SSSR count). The number of ether oxygens (including phenoxy) is 1. The molecule has 2 aromatic carbocycles. The SMILES string of the molecule is CCOc1ccccc1C(C#N)Nc1ccccc1C. The van der Waals surface area contributed by atoms with Crippen molar-refractivity contribution in [3.8, 4) is 11.8 Å². The van der Waals surface area contributed by atoms with Gasteiger partial charge in [-0.05, 0) is 31.5 Å². The van der Waals surface area contributed by atoms with Crippen molar-refractivity contribution >= 4 is 5.69 Å². The zero-order valence-electron chi connectivity index (χ0n) is 11.8. The first-order chi connectivity index (χ1) is 9.76. The van der Waals surface area contributed by atoms with Gasteiger partial charge < -0.3 is 10.1 Å². The van der Waals surface area contributed by atoms with Crippen molar-refractivity contribution in [1.29, 1.82) is 5.26 Å². The summed E-state index contributed by atoms with van der Waals surface area (Å²) in [7, 11) is 0. The molecule has 0 spiro atoms. The Kier molecular flexibility index (Phi) is 4.62. The van der Waals surface area contributed by atoms with Crippen molar-refractivity contribution in [3.63, 3.8) is 0 Å². The van der Waals surface area contributed by atoms with E-state index in [2.05, 4.69) is 11.4 Å². The van der Waals surface area contributed by atoms with Crippen LogP contribution in [0.4, 0.5) is 5.69 Å². The van der Waals surface area contributed by atoms with Gasteiger partial charge in [-0.15, -0.1) is 0 Å². The molecule has 2 aromatic rings. The molecule has 1 N–H and O–H groups in total. The lowest BCUT2D eigenvalue weighted by Crippen LogP contribution is -2.11. The van der Waals surface area contributed by atoms with Crippen molar-refractivity contribution < 1.29 is 4.74 Å². The van der Waals surface area contributed by atoms with Gasteiger partial charge in [0.25, 0.3) is 0 Å². The average molecular weight is 266 g/mol. The van der Waals surface area contributed by atoms with E-state index >= 15 is 0 Å². The van der Waals surface area contributed by atoms with Crippen LogP contribution < -0.4 is 10.1 Å². The van der Waals surface area contributed by atoms with Crippen LogP contribution in [-0.4, -0.2) is 6.61 Å². The summed E-state index contributed by atoms with van der Waals surface area (Å²) < 4.78 is 5.60. The zero-order chi connectivity index (χ0) is 14.4. The maximum atomic E-state index is 9.46. The van der Waals surface area contributed by atoms with E-state index in [0.717, 1.165) is 22.6 Å². The molecule has 0 aliphatic carbocycles. The van der Waals surface area contributed by atoms with Crippen LogP contribution in [0.5, 0.6) is 5.75 Å². The quantitative estimate of drug-likeness (QED) is 0.887. The lowest BCUT2D eigenvalue weighted by molar-refractivity contribution is 0.336. The van der Waals surface area contributed by atoms with Gasteiger partial charge in [0.1, 0.15) is 11.8 Å². The van der Waals surface area contributed by atoms with Gasteiger partial charge in [-0.25, -0.2) is 0 Å². The van der Waals surface area contributed by atoms with E-state index in [0.29, 0.717) is 6.61 Å². The summed E-state index contributed by atoms with van der Waals surface area (Å²) >= 11 is 0. The van der Waals surface area contributed by atoms with Crippen molar-refractivity contribution in [1.82, 2.24) is 0 Å². The molecule has 102 valence electrons. The first-order valence-electron chi connectivity index (χ1n) is 6.69. The second-order valence-corrected chi connectivity index (χ2v) is 4.49. The fourth-order valence-electron chi connectivity index (χ4n) is 2.08. The summed E-state index contributed by atoms with van der Waals surface area (Å²) in [4.78, 5) is 0. The van der Waals surface area contributed by atoms with Crippen molar-refractivity contribution in [3.05, 3.63) is 59.7 Å². The van der Waals surface area contributed by atoms with Gasteiger partial charge >= 0.3 is 0 Å². The van der Waals surface area contributed by atoms with Crippen molar-refractivity contribution in [2.75, 3.05) is 11.9 Å². The van der Waals surface area contributed by atoms with Crippen LogP contribution in [0.2, 0.25) is 0 Å². The molecule has 0 bridgehead atoms. The highest BCUT2D eigenvalue weighted by Crippen LogP contribution is 2.28. The molecular formula is C17H18N2O. The van der Waals surface area contributed by atoms with E-state index in [-0.39, 0.29) is 0 Å². The van der Waals surface area contributed by atoms with Crippen LogP contribution in [0.15, 0.2) is 48.5 Å². The third-order valence-electron chi connectivity index (χ3n) is 3.10. The van der Waals surface area contributed by atoms with Crippen molar-refractivity contribution in [2.45, 2.75) is 19.9 Å². The number of benzene rings is 2. The van der Waals surface area contributed by atoms with Gasteiger partial charge in [0, 0.05) is 11.3 Å². The molecule has 0 radical (unpaired) electrons. The Balaban J connectivity index is 2.30. The van der Waals surface area contributed by atoms with E-state index < -0.39 is 6.04 Å². The van der Waals surface area contributed by atoms with Gasteiger partial charge in [-0.3, -0.25) is 0 Å². The summed E-state index contributed by atoms with van der Waals surface area (Å²) in [6, 6.07) is 17.4. The lowest BCUT2D eigenvalue weighted by atomic mass is 10.1. The Morgan fingerprint density at radius 1 is 1.15 bits per heavy atom. The van der Waals surface area contributed by atoms with E-state index in [1.165, 1.54) is 0 Å². The molecule has 0 fully saturated rings. The zero-order valence-corrected chi connectivity index (χ0v) is 11.8. The Morgan fingerprint density at radius 2 is 1.85 bits per heavy atom. The van der Waals surface area contributed by atoms with E-state index in [1.807, 2.05) is 62.4 Å². The summed E-state index contributed by atoms with van der Waals surface area (Å²) in [6.07, 6.45) is 0. The fraction of sp³-hybridized carbons (Fsp3) is 0.235. The molecule has 0 amide bonds. The van der Waals surface area contributed by atoms with Crippen LogP contribution in [0, 0.1) is 18.3 Å². The number of hydrogen-bond acceptors (Lipinski definition) is 3. The Hall–Kier alpha value is -2.47. The predicted molar refractivity (Wildman–Crippen MR) is 80.8 cm³/mol. The molecule has 0 saturated carbocycles. The second kappa shape index (κ2) is 6.63. The van der Waals surface area contributed by atoms with Crippen molar-refractivity contribution in [2.24, 2.45) is 0 Å². The molecule has 20 heavy (non-hydrogen) atoms. The normalized spacial score (nSPS) is 11.4. The van der Waals surface area contributed by atoms with Gasteiger partial charge in [0.05, 0.1) is 12.7 Å². The van der Waals surface area contributed by atoms with Gasteiger partial charge in [-0.2, -0.15) is 5.26 Å². The number of nitrogens with zero attached hydrogens (tertiary/aromatic N) is 1. The molecule has 0 saturated heterocycles.